The van der Waals surface area contributed by atoms with Gasteiger partial charge in [0.05, 0.1) is 35.8 Å². The van der Waals surface area contributed by atoms with Gasteiger partial charge in [-0.3, -0.25) is 24.1 Å². The fourth-order valence-corrected chi connectivity index (χ4v) is 8.34. The SMILES string of the molecule is C=C(C)C(CN1CCN(C(=O)C(NC(=O)OC(C)(C)C)C2CCCCC2)CC1)OCCC(=O)N1CCN(C(=O)c2cc(Cc3n[nH]c(=O)c4ccccc34)ccc2F)CC1. The molecule has 3 heterocycles. The summed E-state index contributed by atoms with van der Waals surface area (Å²) in [6.45, 7) is 15.7. The molecule has 3 aliphatic rings. The molecule has 14 nitrogen and oxygen atoms in total. The number of fused-ring (bicyclic) bond motifs is 1. The Kier molecular flexibility index (Phi) is 14.8. The maximum atomic E-state index is 15.0. The van der Waals surface area contributed by atoms with Crippen molar-refractivity contribution in [1.82, 2.24) is 35.1 Å². The summed E-state index contributed by atoms with van der Waals surface area (Å²) in [6, 6.07) is 10.9. The average molecular weight is 830 g/mol. The molecule has 1 aliphatic carbocycles. The van der Waals surface area contributed by atoms with E-state index in [1.165, 1.54) is 12.1 Å². The van der Waals surface area contributed by atoms with E-state index < -0.39 is 29.5 Å². The number of carbonyl (C=O) groups is 4. The van der Waals surface area contributed by atoms with Gasteiger partial charge in [0.1, 0.15) is 17.5 Å². The largest absolute Gasteiger partial charge is 0.444 e. The molecule has 1 aromatic heterocycles. The molecule has 3 aromatic rings. The molecule has 6 rings (SSSR count). The van der Waals surface area contributed by atoms with Crippen LogP contribution in [-0.2, 0) is 25.5 Å². The van der Waals surface area contributed by atoms with Crippen LogP contribution < -0.4 is 10.9 Å². The number of carbonyl (C=O) groups excluding carboxylic acids is 4. The highest BCUT2D eigenvalue weighted by Gasteiger charge is 2.36. The number of aromatic amines is 1. The minimum absolute atomic E-state index is 0.0490. The normalized spacial score (nSPS) is 17.9. The number of H-pyrrole nitrogens is 1. The fraction of sp³-hybridized carbons (Fsp3) is 0.556. The van der Waals surface area contributed by atoms with Gasteiger partial charge in [-0.05, 0) is 70.2 Å². The summed E-state index contributed by atoms with van der Waals surface area (Å²) < 4.78 is 26.7. The van der Waals surface area contributed by atoms with Crippen LogP contribution in [0.2, 0.25) is 0 Å². The number of hydrogen-bond acceptors (Lipinski definition) is 9. The van der Waals surface area contributed by atoms with Crippen molar-refractivity contribution in [3.05, 3.63) is 87.6 Å². The van der Waals surface area contributed by atoms with Gasteiger partial charge in [-0.2, -0.15) is 5.10 Å². The van der Waals surface area contributed by atoms with E-state index in [0.717, 1.165) is 37.7 Å². The molecule has 0 radical (unpaired) electrons. The molecule has 324 valence electrons. The van der Waals surface area contributed by atoms with Gasteiger partial charge in [-0.25, -0.2) is 14.3 Å². The van der Waals surface area contributed by atoms with Gasteiger partial charge in [-0.1, -0.05) is 55.7 Å². The molecular weight excluding hydrogens is 770 g/mol. The third-order valence-corrected chi connectivity index (χ3v) is 11.7. The van der Waals surface area contributed by atoms with Crippen LogP contribution in [0, 0.1) is 11.7 Å². The lowest BCUT2D eigenvalue weighted by Gasteiger charge is -2.39. The Labute approximate surface area is 351 Å². The van der Waals surface area contributed by atoms with E-state index in [1.54, 1.807) is 28.0 Å². The van der Waals surface area contributed by atoms with Gasteiger partial charge >= 0.3 is 6.09 Å². The van der Waals surface area contributed by atoms with Gasteiger partial charge in [-0.15, -0.1) is 0 Å². The van der Waals surface area contributed by atoms with Crippen LogP contribution in [0.5, 0.6) is 0 Å². The zero-order valence-electron chi connectivity index (χ0n) is 35.5. The number of rotatable bonds is 13. The molecule has 60 heavy (non-hydrogen) atoms. The predicted octanol–water partition coefficient (Wildman–Crippen LogP) is 4.91. The Hall–Kier alpha value is -5.15. The number of benzene rings is 2. The quantitative estimate of drug-likeness (QED) is 0.229. The van der Waals surface area contributed by atoms with Crippen LogP contribution in [0.4, 0.5) is 9.18 Å². The molecule has 2 atom stereocenters. The number of nitrogens with one attached hydrogen (secondary N) is 2. The van der Waals surface area contributed by atoms with Crippen molar-refractivity contribution in [2.45, 2.75) is 90.4 Å². The van der Waals surface area contributed by atoms with Crippen molar-refractivity contribution in [3.8, 4) is 0 Å². The highest BCUT2D eigenvalue weighted by atomic mass is 19.1. The van der Waals surface area contributed by atoms with Crippen LogP contribution in [0.25, 0.3) is 10.8 Å². The number of amides is 4. The number of ether oxygens (including phenoxy) is 2. The van der Waals surface area contributed by atoms with Crippen LogP contribution in [0.3, 0.4) is 0 Å². The molecule has 4 amide bonds. The smallest absolute Gasteiger partial charge is 0.408 e. The minimum Gasteiger partial charge on any atom is -0.444 e. The number of alkyl carbamates (subject to hydrolysis) is 1. The Morgan fingerprint density at radius 1 is 0.917 bits per heavy atom. The molecule has 2 aliphatic heterocycles. The zero-order chi connectivity index (χ0) is 43.0. The Bertz CT molecular complexity index is 2080. The van der Waals surface area contributed by atoms with Crippen molar-refractivity contribution >= 4 is 34.6 Å². The molecule has 2 saturated heterocycles. The first kappa shape index (κ1) is 44.4. The molecular formula is C45H60FN7O7. The lowest BCUT2D eigenvalue weighted by Crippen LogP contribution is -2.58. The van der Waals surface area contributed by atoms with Crippen molar-refractivity contribution in [3.63, 3.8) is 0 Å². The summed E-state index contributed by atoms with van der Waals surface area (Å²) in [5, 5.41) is 10.8. The topological polar surface area (TPSA) is 157 Å². The second kappa shape index (κ2) is 19.9. The second-order valence-corrected chi connectivity index (χ2v) is 17.3. The number of aromatic nitrogens is 2. The first-order valence-electron chi connectivity index (χ1n) is 21.3. The maximum Gasteiger partial charge on any atom is 0.408 e. The van der Waals surface area contributed by atoms with E-state index in [0.29, 0.717) is 74.3 Å². The molecule has 3 fully saturated rings. The first-order chi connectivity index (χ1) is 28.7. The van der Waals surface area contributed by atoms with E-state index in [1.807, 2.05) is 44.7 Å². The Morgan fingerprint density at radius 2 is 1.57 bits per heavy atom. The van der Waals surface area contributed by atoms with Crippen molar-refractivity contribution in [2.24, 2.45) is 5.92 Å². The summed E-state index contributed by atoms with van der Waals surface area (Å²) in [5.74, 6) is -1.13. The van der Waals surface area contributed by atoms with Crippen LogP contribution in [0.15, 0.2) is 59.4 Å². The summed E-state index contributed by atoms with van der Waals surface area (Å²) in [4.78, 5) is 72.9. The van der Waals surface area contributed by atoms with Crippen molar-refractivity contribution < 1.29 is 33.0 Å². The third kappa shape index (κ3) is 11.6. The van der Waals surface area contributed by atoms with Crippen LogP contribution >= 0.6 is 0 Å². The lowest BCUT2D eigenvalue weighted by atomic mass is 9.83. The van der Waals surface area contributed by atoms with E-state index in [2.05, 4.69) is 27.0 Å². The highest BCUT2D eigenvalue weighted by molar-refractivity contribution is 5.95. The summed E-state index contributed by atoms with van der Waals surface area (Å²) in [6.07, 6.45) is 4.62. The maximum absolute atomic E-state index is 15.0. The van der Waals surface area contributed by atoms with Gasteiger partial charge in [0.2, 0.25) is 11.8 Å². The predicted molar refractivity (Wildman–Crippen MR) is 226 cm³/mol. The van der Waals surface area contributed by atoms with E-state index in [4.69, 9.17) is 9.47 Å². The summed E-state index contributed by atoms with van der Waals surface area (Å²) in [7, 11) is 0. The van der Waals surface area contributed by atoms with Gasteiger partial charge < -0.3 is 29.5 Å². The van der Waals surface area contributed by atoms with E-state index in [-0.39, 0.29) is 61.1 Å². The van der Waals surface area contributed by atoms with Gasteiger partial charge in [0.25, 0.3) is 11.5 Å². The van der Waals surface area contributed by atoms with Crippen LogP contribution in [0.1, 0.15) is 87.8 Å². The number of hydrogen-bond donors (Lipinski definition) is 2. The Morgan fingerprint density at radius 3 is 2.23 bits per heavy atom. The van der Waals surface area contributed by atoms with Crippen molar-refractivity contribution in [1.29, 1.82) is 0 Å². The number of nitrogens with zero attached hydrogens (tertiary/aromatic N) is 5. The monoisotopic (exact) mass is 829 g/mol. The first-order valence-corrected chi connectivity index (χ1v) is 21.3. The van der Waals surface area contributed by atoms with Gasteiger partial charge in [0.15, 0.2) is 0 Å². The minimum atomic E-state index is -0.661. The molecule has 0 bridgehead atoms. The lowest BCUT2D eigenvalue weighted by molar-refractivity contribution is -0.137. The molecule has 0 spiro atoms. The van der Waals surface area contributed by atoms with Crippen LogP contribution in [-0.4, -0.2) is 137 Å². The molecule has 2 N–H and O–H groups in total. The zero-order valence-corrected chi connectivity index (χ0v) is 35.5. The molecule has 15 heteroatoms. The summed E-state index contributed by atoms with van der Waals surface area (Å²) >= 11 is 0. The number of halogens is 1. The average Bonchev–Trinajstić information content (AvgIpc) is 3.23. The van der Waals surface area contributed by atoms with Gasteiger partial charge in [0, 0.05) is 70.7 Å². The molecule has 2 aromatic carbocycles. The van der Waals surface area contributed by atoms with E-state index >= 15 is 4.39 Å². The Balaban J connectivity index is 0.944. The third-order valence-electron chi connectivity index (χ3n) is 11.7. The van der Waals surface area contributed by atoms with Crippen molar-refractivity contribution in [2.75, 3.05) is 65.5 Å². The molecule has 1 saturated carbocycles. The number of piperazine rings is 2. The second-order valence-electron chi connectivity index (χ2n) is 17.3. The van der Waals surface area contributed by atoms with E-state index in [9.17, 15) is 24.0 Å². The molecule has 2 unspecified atom stereocenters. The standard InChI is InChI=1S/C45H60FN7O7/c1-30(2)38(29-50-18-20-53(21-19-50)43(57)40(32-11-7-6-8-12-32)47-44(58)60-45(3,4)5)59-26-17-39(54)51-22-24-52(25-23-51)42(56)35-27-31(15-16-36(35)46)28-37-33-13-9-10-14-34(33)41(55)49-48-37/h9-10,13-16,27,32,38,40H,1,6-8,11-12,17-26,28-29H2,2-5H3,(H,47,58)(H,49,55). The summed E-state index contributed by atoms with van der Waals surface area (Å²) in [5.41, 5.74) is 1.13. The highest BCUT2D eigenvalue weighted by Crippen LogP contribution is 2.28. The fourth-order valence-electron chi connectivity index (χ4n) is 8.34.